The van der Waals surface area contributed by atoms with Crippen molar-refractivity contribution in [3.05, 3.63) is 63.6 Å². The largest absolute Gasteiger partial charge is 0.392 e. The summed E-state index contributed by atoms with van der Waals surface area (Å²) in [6.45, 7) is 2.82. The van der Waals surface area contributed by atoms with E-state index in [1.54, 1.807) is 18.2 Å². The molecular formula is C26H30Cl2N4O2. The summed E-state index contributed by atoms with van der Waals surface area (Å²) >= 11 is 12.2. The number of aliphatic hydroxyl groups is 1. The number of β-amino-alcohol motifs (C(OH)–C–C–N with tert-alkyl or cyclic N) is 1. The van der Waals surface area contributed by atoms with Crippen LogP contribution in [-0.2, 0) is 0 Å². The number of nitrogens with zero attached hydrogens (tertiary/aromatic N) is 3. The zero-order valence-electron chi connectivity index (χ0n) is 19.1. The Balaban J connectivity index is 1.43. The molecule has 1 saturated carbocycles. The van der Waals surface area contributed by atoms with Gasteiger partial charge in [0.25, 0.3) is 0 Å². The van der Waals surface area contributed by atoms with Crippen molar-refractivity contribution in [1.82, 2.24) is 9.80 Å². The molecule has 2 aromatic carbocycles. The lowest BCUT2D eigenvalue weighted by Crippen LogP contribution is -2.47. The van der Waals surface area contributed by atoms with E-state index in [4.69, 9.17) is 23.2 Å². The van der Waals surface area contributed by atoms with E-state index in [-0.39, 0.29) is 18.2 Å². The molecule has 1 atom stereocenters. The van der Waals surface area contributed by atoms with E-state index in [0.717, 1.165) is 45.2 Å². The molecule has 0 radical (unpaired) electrons. The highest BCUT2D eigenvalue weighted by Gasteiger charge is 2.31. The number of urea groups is 1. The Morgan fingerprint density at radius 1 is 1.12 bits per heavy atom. The highest BCUT2D eigenvalue weighted by atomic mass is 35.5. The molecule has 2 N–H and O–H groups in total. The summed E-state index contributed by atoms with van der Waals surface area (Å²) in [6.07, 6.45) is 4.22. The van der Waals surface area contributed by atoms with Gasteiger partial charge in [0.1, 0.15) is 0 Å². The van der Waals surface area contributed by atoms with Crippen LogP contribution < -0.4 is 5.32 Å². The molecule has 2 fully saturated rings. The number of nitriles is 1. The van der Waals surface area contributed by atoms with Crippen molar-refractivity contribution in [2.75, 3.05) is 31.5 Å². The maximum atomic E-state index is 13.4. The number of aliphatic hydroxyl groups excluding tert-OH is 1. The summed E-state index contributed by atoms with van der Waals surface area (Å²) in [5.41, 5.74) is 2.47. The normalized spacial score (nSPS) is 22.8. The molecule has 2 aromatic rings. The zero-order valence-corrected chi connectivity index (χ0v) is 20.6. The highest BCUT2D eigenvalue weighted by molar-refractivity contribution is 6.35. The fourth-order valence-electron chi connectivity index (χ4n) is 5.12. The van der Waals surface area contributed by atoms with E-state index in [9.17, 15) is 15.2 Å². The monoisotopic (exact) mass is 500 g/mol. The van der Waals surface area contributed by atoms with Gasteiger partial charge >= 0.3 is 6.03 Å². The summed E-state index contributed by atoms with van der Waals surface area (Å²) in [6, 6.07) is 15.1. The SMILES string of the molecule is N#Cc1cccc(C2CCC(N(CCN3CCC(O)C3)C(=O)Nc3cc(Cl)cc(Cl)c3)CC2)c1. The second-order valence-electron chi connectivity index (χ2n) is 9.27. The fraction of sp³-hybridized carbons (Fsp3) is 0.462. The molecule has 0 spiro atoms. The van der Waals surface area contributed by atoms with Crippen LogP contribution in [0.1, 0.15) is 49.1 Å². The summed E-state index contributed by atoms with van der Waals surface area (Å²) < 4.78 is 0. The Morgan fingerprint density at radius 3 is 2.50 bits per heavy atom. The third-order valence-corrected chi connectivity index (χ3v) is 7.34. The van der Waals surface area contributed by atoms with Gasteiger partial charge in [0, 0.05) is 48.0 Å². The van der Waals surface area contributed by atoms with Gasteiger partial charge < -0.3 is 15.3 Å². The van der Waals surface area contributed by atoms with Crippen LogP contribution >= 0.6 is 23.2 Å². The maximum absolute atomic E-state index is 13.4. The summed E-state index contributed by atoms with van der Waals surface area (Å²) in [5.74, 6) is 0.398. The van der Waals surface area contributed by atoms with Crippen LogP contribution in [0.25, 0.3) is 0 Å². The Kier molecular flexibility index (Phi) is 8.33. The van der Waals surface area contributed by atoms with Gasteiger partial charge in [-0.15, -0.1) is 0 Å². The molecule has 4 rings (SSSR count). The van der Waals surface area contributed by atoms with Crippen molar-refractivity contribution in [2.24, 2.45) is 0 Å². The van der Waals surface area contributed by atoms with Crippen molar-refractivity contribution in [2.45, 2.75) is 50.2 Å². The van der Waals surface area contributed by atoms with E-state index in [0.29, 0.717) is 40.3 Å². The number of likely N-dealkylation sites (tertiary alicyclic amines) is 1. The maximum Gasteiger partial charge on any atom is 0.322 e. The Labute approximate surface area is 211 Å². The molecular weight excluding hydrogens is 471 g/mol. The average molecular weight is 501 g/mol. The average Bonchev–Trinajstić information content (AvgIpc) is 3.24. The molecule has 1 heterocycles. The highest BCUT2D eigenvalue weighted by Crippen LogP contribution is 2.35. The first-order chi connectivity index (χ1) is 16.4. The number of carbonyl (C=O) groups excluding carboxylic acids is 1. The lowest BCUT2D eigenvalue weighted by atomic mass is 9.81. The number of carbonyl (C=O) groups is 1. The third-order valence-electron chi connectivity index (χ3n) is 6.90. The van der Waals surface area contributed by atoms with Crippen LogP contribution in [-0.4, -0.2) is 59.3 Å². The Morgan fingerprint density at radius 2 is 1.85 bits per heavy atom. The van der Waals surface area contributed by atoms with E-state index in [2.05, 4.69) is 22.4 Å². The first-order valence-corrected chi connectivity index (χ1v) is 12.6. The summed E-state index contributed by atoms with van der Waals surface area (Å²) in [4.78, 5) is 17.5. The smallest absolute Gasteiger partial charge is 0.322 e. The topological polar surface area (TPSA) is 79.6 Å². The van der Waals surface area contributed by atoms with E-state index in [1.165, 1.54) is 5.56 Å². The summed E-state index contributed by atoms with van der Waals surface area (Å²) in [5, 5.41) is 23.0. The van der Waals surface area contributed by atoms with Crippen molar-refractivity contribution in [3.63, 3.8) is 0 Å². The second-order valence-corrected chi connectivity index (χ2v) is 10.1. The predicted octanol–water partition coefficient (Wildman–Crippen LogP) is 5.49. The number of benzene rings is 2. The predicted molar refractivity (Wildman–Crippen MR) is 135 cm³/mol. The molecule has 1 aliphatic heterocycles. The molecule has 0 bridgehead atoms. The van der Waals surface area contributed by atoms with Crippen LogP contribution in [0.5, 0.6) is 0 Å². The zero-order chi connectivity index (χ0) is 24.1. The molecule has 8 heteroatoms. The lowest BCUT2D eigenvalue weighted by molar-refractivity contribution is 0.143. The first-order valence-electron chi connectivity index (χ1n) is 11.9. The molecule has 2 amide bonds. The quantitative estimate of drug-likeness (QED) is 0.549. The van der Waals surface area contributed by atoms with E-state index < -0.39 is 0 Å². The second kappa shape index (κ2) is 11.4. The van der Waals surface area contributed by atoms with Gasteiger partial charge in [0.2, 0.25) is 0 Å². The van der Waals surface area contributed by atoms with Gasteiger partial charge in [0.15, 0.2) is 0 Å². The fourth-order valence-corrected chi connectivity index (χ4v) is 5.64. The molecule has 34 heavy (non-hydrogen) atoms. The van der Waals surface area contributed by atoms with Crippen molar-refractivity contribution in [1.29, 1.82) is 5.26 Å². The molecule has 1 unspecified atom stereocenters. The van der Waals surface area contributed by atoms with Gasteiger partial charge in [-0.1, -0.05) is 35.3 Å². The molecule has 0 aromatic heterocycles. The van der Waals surface area contributed by atoms with Gasteiger partial charge in [-0.05, 0) is 73.9 Å². The number of hydrogen-bond acceptors (Lipinski definition) is 4. The number of anilines is 1. The van der Waals surface area contributed by atoms with Gasteiger partial charge in [-0.2, -0.15) is 5.26 Å². The molecule has 1 aliphatic carbocycles. The molecule has 1 saturated heterocycles. The van der Waals surface area contributed by atoms with Crippen molar-refractivity contribution >= 4 is 34.9 Å². The van der Waals surface area contributed by atoms with E-state index >= 15 is 0 Å². The Bertz CT molecular complexity index is 1030. The number of hydrogen-bond donors (Lipinski definition) is 2. The third kappa shape index (κ3) is 6.43. The minimum atomic E-state index is -0.282. The minimum Gasteiger partial charge on any atom is -0.392 e. The Hall–Kier alpha value is -2.30. The van der Waals surface area contributed by atoms with Gasteiger partial charge in [-0.3, -0.25) is 4.90 Å². The van der Waals surface area contributed by atoms with Gasteiger partial charge in [-0.25, -0.2) is 4.79 Å². The molecule has 6 nitrogen and oxygen atoms in total. The number of halogens is 2. The molecule has 180 valence electrons. The van der Waals surface area contributed by atoms with Crippen molar-refractivity contribution < 1.29 is 9.90 Å². The number of nitrogens with one attached hydrogen (secondary N) is 1. The number of amides is 2. The standard InChI is InChI=1S/C26H30Cl2N4O2/c27-21-13-22(28)15-23(14-21)30-26(34)32(11-10-31-9-8-25(33)17-31)24-6-4-19(5-7-24)20-3-1-2-18(12-20)16-29/h1-3,12-15,19,24-25,33H,4-11,17H2,(H,30,34). The van der Waals surface area contributed by atoms with Crippen molar-refractivity contribution in [3.8, 4) is 6.07 Å². The van der Waals surface area contributed by atoms with Crippen LogP contribution in [0.3, 0.4) is 0 Å². The minimum absolute atomic E-state index is 0.123. The molecule has 2 aliphatic rings. The van der Waals surface area contributed by atoms with Crippen LogP contribution in [0.4, 0.5) is 10.5 Å². The number of rotatable bonds is 6. The van der Waals surface area contributed by atoms with Crippen LogP contribution in [0.2, 0.25) is 10.0 Å². The van der Waals surface area contributed by atoms with Crippen LogP contribution in [0, 0.1) is 11.3 Å². The first kappa shape index (κ1) is 24.8. The summed E-state index contributed by atoms with van der Waals surface area (Å²) in [7, 11) is 0. The van der Waals surface area contributed by atoms with E-state index in [1.807, 2.05) is 23.1 Å². The lowest BCUT2D eigenvalue weighted by Gasteiger charge is -2.38. The van der Waals surface area contributed by atoms with Crippen LogP contribution in [0.15, 0.2) is 42.5 Å². The van der Waals surface area contributed by atoms with Gasteiger partial charge in [0.05, 0.1) is 17.7 Å².